The van der Waals surface area contributed by atoms with Gasteiger partial charge in [-0.05, 0) is 18.3 Å². The number of rotatable bonds is 3. The van der Waals surface area contributed by atoms with E-state index in [0.717, 1.165) is 0 Å². The number of allylic oxidation sites excluding steroid dienone is 1. The van der Waals surface area contributed by atoms with Crippen molar-refractivity contribution in [1.29, 1.82) is 0 Å². The Morgan fingerprint density at radius 2 is 2.05 bits per heavy atom. The molecule has 1 rings (SSSR count). The van der Waals surface area contributed by atoms with Crippen LogP contribution in [0.25, 0.3) is 0 Å². The summed E-state index contributed by atoms with van der Waals surface area (Å²) in [7, 11) is 0. The van der Waals surface area contributed by atoms with E-state index in [2.05, 4.69) is 6.58 Å². The first kappa shape index (κ1) is 15.9. The molecular formula is C14H23F2NO2. The van der Waals surface area contributed by atoms with Crippen LogP contribution in [0.3, 0.4) is 0 Å². The van der Waals surface area contributed by atoms with Crippen LogP contribution in [-0.2, 0) is 0 Å². The summed E-state index contributed by atoms with van der Waals surface area (Å²) in [5, 5.41) is 9.19. The smallest absolute Gasteiger partial charge is 0.407 e. The van der Waals surface area contributed by atoms with Gasteiger partial charge in [0.2, 0.25) is 0 Å². The monoisotopic (exact) mass is 275 g/mol. The summed E-state index contributed by atoms with van der Waals surface area (Å²) in [6.45, 7) is 9.21. The van der Waals surface area contributed by atoms with Crippen LogP contribution in [0, 0.1) is 11.3 Å². The van der Waals surface area contributed by atoms with Crippen LogP contribution in [-0.4, -0.2) is 34.6 Å². The molecule has 0 aromatic rings. The maximum atomic E-state index is 14.0. The SMILES string of the molecule is C=CCC(F)(F)C1CCN(C(=O)O)C(C(C)(C)C)C1. The predicted molar refractivity (Wildman–Crippen MR) is 70.5 cm³/mol. The first-order chi connectivity index (χ1) is 8.59. The number of nitrogens with zero attached hydrogens (tertiary/aromatic N) is 1. The molecule has 0 bridgehead atoms. The second-order valence-corrected chi connectivity index (χ2v) is 6.33. The van der Waals surface area contributed by atoms with E-state index in [1.807, 2.05) is 20.8 Å². The van der Waals surface area contributed by atoms with E-state index in [1.54, 1.807) is 0 Å². The summed E-state index contributed by atoms with van der Waals surface area (Å²) in [4.78, 5) is 12.5. The lowest BCUT2D eigenvalue weighted by Gasteiger charge is -2.46. The zero-order valence-corrected chi connectivity index (χ0v) is 11.8. The Labute approximate surface area is 113 Å². The number of carboxylic acid groups (broad SMARTS) is 1. The van der Waals surface area contributed by atoms with E-state index in [1.165, 1.54) is 11.0 Å². The molecule has 0 spiro atoms. The second-order valence-electron chi connectivity index (χ2n) is 6.33. The molecule has 110 valence electrons. The van der Waals surface area contributed by atoms with Crippen molar-refractivity contribution in [3.8, 4) is 0 Å². The number of carbonyl (C=O) groups is 1. The highest BCUT2D eigenvalue weighted by Gasteiger charge is 2.46. The molecule has 5 heteroatoms. The van der Waals surface area contributed by atoms with E-state index >= 15 is 0 Å². The third kappa shape index (κ3) is 3.67. The zero-order chi connectivity index (χ0) is 14.8. The largest absolute Gasteiger partial charge is 0.465 e. The third-order valence-corrected chi connectivity index (χ3v) is 3.86. The lowest BCUT2D eigenvalue weighted by Crippen LogP contribution is -2.54. The maximum absolute atomic E-state index is 14.0. The van der Waals surface area contributed by atoms with Crippen LogP contribution >= 0.6 is 0 Å². The first-order valence-corrected chi connectivity index (χ1v) is 6.58. The van der Waals surface area contributed by atoms with E-state index in [9.17, 15) is 18.7 Å². The van der Waals surface area contributed by atoms with Crippen molar-refractivity contribution in [1.82, 2.24) is 4.90 Å². The molecule has 0 aromatic heterocycles. The van der Waals surface area contributed by atoms with Gasteiger partial charge < -0.3 is 10.0 Å². The van der Waals surface area contributed by atoms with Crippen molar-refractivity contribution >= 4 is 6.09 Å². The number of amides is 1. The van der Waals surface area contributed by atoms with Crippen LogP contribution in [0.5, 0.6) is 0 Å². The molecule has 3 nitrogen and oxygen atoms in total. The molecule has 2 unspecified atom stereocenters. The van der Waals surface area contributed by atoms with Crippen molar-refractivity contribution < 1.29 is 18.7 Å². The molecule has 0 aliphatic carbocycles. The minimum absolute atomic E-state index is 0.175. The molecule has 0 saturated carbocycles. The molecule has 19 heavy (non-hydrogen) atoms. The standard InChI is InChI=1S/C14H23F2NO2/c1-5-7-14(15,16)10-6-8-17(12(18)19)11(9-10)13(2,3)4/h5,10-11H,1,6-9H2,2-4H3,(H,18,19). The first-order valence-electron chi connectivity index (χ1n) is 6.58. The number of halogens is 2. The minimum atomic E-state index is -2.80. The topological polar surface area (TPSA) is 40.5 Å². The van der Waals surface area contributed by atoms with Gasteiger partial charge in [-0.25, -0.2) is 13.6 Å². The maximum Gasteiger partial charge on any atom is 0.407 e. The summed E-state index contributed by atoms with van der Waals surface area (Å²) in [5.41, 5.74) is -0.346. The van der Waals surface area contributed by atoms with Gasteiger partial charge in [0.15, 0.2) is 0 Å². The highest BCUT2D eigenvalue weighted by atomic mass is 19.3. The van der Waals surface area contributed by atoms with Gasteiger partial charge in [-0.3, -0.25) is 0 Å². The fourth-order valence-corrected chi connectivity index (χ4v) is 2.76. The van der Waals surface area contributed by atoms with E-state index < -0.39 is 17.9 Å². The normalized spacial score (nSPS) is 25.2. The van der Waals surface area contributed by atoms with Gasteiger partial charge in [0.25, 0.3) is 5.92 Å². The molecule has 2 atom stereocenters. The molecule has 1 fully saturated rings. The van der Waals surface area contributed by atoms with Gasteiger partial charge in [-0.1, -0.05) is 26.8 Å². The van der Waals surface area contributed by atoms with Gasteiger partial charge in [-0.15, -0.1) is 6.58 Å². The molecule has 1 aliphatic rings. The highest BCUT2D eigenvalue weighted by Crippen LogP contribution is 2.42. The molecule has 1 amide bonds. The molecular weight excluding hydrogens is 252 g/mol. The van der Waals surface area contributed by atoms with E-state index in [-0.39, 0.29) is 37.3 Å². The van der Waals surface area contributed by atoms with Gasteiger partial charge in [0.05, 0.1) is 0 Å². The molecule has 1 aliphatic heterocycles. The molecule has 1 heterocycles. The number of piperidine rings is 1. The van der Waals surface area contributed by atoms with Gasteiger partial charge >= 0.3 is 6.09 Å². The van der Waals surface area contributed by atoms with Crippen LogP contribution in [0.4, 0.5) is 13.6 Å². The number of alkyl halides is 2. The molecule has 0 aromatic carbocycles. The Balaban J connectivity index is 2.91. The zero-order valence-electron chi connectivity index (χ0n) is 11.8. The summed E-state index contributed by atoms with van der Waals surface area (Å²) in [6, 6.07) is -0.376. The van der Waals surface area contributed by atoms with Crippen molar-refractivity contribution in [2.45, 2.75) is 52.0 Å². The predicted octanol–water partition coefficient (Wildman–Crippen LogP) is 4.00. The average molecular weight is 275 g/mol. The number of hydrogen-bond donors (Lipinski definition) is 1. The number of likely N-dealkylation sites (tertiary alicyclic amines) is 1. The summed E-state index contributed by atoms with van der Waals surface area (Å²) in [5.74, 6) is -3.57. The fourth-order valence-electron chi connectivity index (χ4n) is 2.76. The van der Waals surface area contributed by atoms with Crippen molar-refractivity contribution in [3.05, 3.63) is 12.7 Å². The third-order valence-electron chi connectivity index (χ3n) is 3.86. The Morgan fingerprint density at radius 3 is 2.47 bits per heavy atom. The Morgan fingerprint density at radius 1 is 1.47 bits per heavy atom. The average Bonchev–Trinajstić information content (AvgIpc) is 2.26. The lowest BCUT2D eigenvalue weighted by molar-refractivity contribution is -0.0931. The van der Waals surface area contributed by atoms with Gasteiger partial charge in [0, 0.05) is 24.9 Å². The Kier molecular flexibility index (Phi) is 4.59. The molecule has 1 N–H and O–H groups in total. The van der Waals surface area contributed by atoms with Crippen LogP contribution < -0.4 is 0 Å². The number of hydrogen-bond acceptors (Lipinski definition) is 1. The fraction of sp³-hybridized carbons (Fsp3) is 0.786. The Hall–Kier alpha value is -1.13. The quantitative estimate of drug-likeness (QED) is 0.791. The van der Waals surface area contributed by atoms with Crippen molar-refractivity contribution in [3.63, 3.8) is 0 Å². The van der Waals surface area contributed by atoms with Crippen LogP contribution in [0.1, 0.15) is 40.0 Å². The summed E-state index contributed by atoms with van der Waals surface area (Å²) >= 11 is 0. The minimum Gasteiger partial charge on any atom is -0.465 e. The van der Waals surface area contributed by atoms with Crippen molar-refractivity contribution in [2.75, 3.05) is 6.54 Å². The van der Waals surface area contributed by atoms with Crippen molar-refractivity contribution in [2.24, 2.45) is 11.3 Å². The van der Waals surface area contributed by atoms with Gasteiger partial charge in [-0.2, -0.15) is 0 Å². The second kappa shape index (κ2) is 5.47. The lowest BCUT2D eigenvalue weighted by atomic mass is 9.75. The molecule has 1 saturated heterocycles. The van der Waals surface area contributed by atoms with Crippen LogP contribution in [0.15, 0.2) is 12.7 Å². The van der Waals surface area contributed by atoms with E-state index in [4.69, 9.17) is 0 Å². The highest BCUT2D eigenvalue weighted by molar-refractivity contribution is 5.65. The van der Waals surface area contributed by atoms with E-state index in [0.29, 0.717) is 0 Å². The summed E-state index contributed by atoms with van der Waals surface area (Å²) < 4.78 is 27.9. The Bertz CT molecular complexity index is 350. The van der Waals surface area contributed by atoms with Crippen LogP contribution in [0.2, 0.25) is 0 Å². The molecule has 0 radical (unpaired) electrons. The van der Waals surface area contributed by atoms with Gasteiger partial charge in [0.1, 0.15) is 0 Å². The summed E-state index contributed by atoms with van der Waals surface area (Å²) in [6.07, 6.45) is 0.276.